The molecular formula is C12H15NO2S2. The van der Waals surface area contributed by atoms with Gasteiger partial charge in [0.05, 0.1) is 18.2 Å². The first-order valence-electron chi connectivity index (χ1n) is 5.24. The average Bonchev–Trinajstić information content (AvgIpc) is 2.27. The molecular weight excluding hydrogens is 254 g/mol. The van der Waals surface area contributed by atoms with Crippen LogP contribution in [0.1, 0.15) is 17.2 Å². The second kappa shape index (κ2) is 6.67. The van der Waals surface area contributed by atoms with E-state index in [4.69, 9.17) is 5.26 Å². The summed E-state index contributed by atoms with van der Waals surface area (Å²) in [6, 6.07) is 11.9. The fourth-order valence-electron chi connectivity index (χ4n) is 1.37. The van der Waals surface area contributed by atoms with Crippen LogP contribution in [0.5, 0.6) is 0 Å². The molecule has 5 heteroatoms. The van der Waals surface area contributed by atoms with Gasteiger partial charge in [-0.2, -0.15) is 17.0 Å². The molecule has 17 heavy (non-hydrogen) atoms. The number of hydrogen-bond donors (Lipinski definition) is 0. The zero-order chi connectivity index (χ0) is 12.7. The summed E-state index contributed by atoms with van der Waals surface area (Å²) in [5, 5.41) is 8.83. The maximum atomic E-state index is 11.0. The summed E-state index contributed by atoms with van der Waals surface area (Å²) in [6.07, 6.45) is 1.63. The van der Waals surface area contributed by atoms with Gasteiger partial charge in [-0.3, -0.25) is 0 Å². The first kappa shape index (κ1) is 14.1. The Kier molecular flexibility index (Phi) is 5.52. The van der Waals surface area contributed by atoms with E-state index in [-0.39, 0.29) is 11.0 Å². The lowest BCUT2D eigenvalue weighted by atomic mass is 10.1. The summed E-state index contributed by atoms with van der Waals surface area (Å²) in [7, 11) is -2.92. The van der Waals surface area contributed by atoms with Gasteiger partial charge in [-0.05, 0) is 5.56 Å². The third-order valence-corrected chi connectivity index (χ3v) is 4.71. The van der Waals surface area contributed by atoms with E-state index in [1.54, 1.807) is 0 Å². The number of hydrogen-bond acceptors (Lipinski definition) is 4. The summed E-state index contributed by atoms with van der Waals surface area (Å²) >= 11 is 1.52. The van der Waals surface area contributed by atoms with Crippen molar-refractivity contribution in [2.75, 3.05) is 17.8 Å². The Labute approximate surface area is 107 Å². The van der Waals surface area contributed by atoms with Crippen LogP contribution in [0.2, 0.25) is 0 Å². The lowest BCUT2D eigenvalue weighted by Gasteiger charge is -2.13. The molecule has 1 aromatic carbocycles. The second-order valence-electron chi connectivity index (χ2n) is 3.76. The van der Waals surface area contributed by atoms with E-state index >= 15 is 0 Å². The van der Waals surface area contributed by atoms with E-state index in [1.165, 1.54) is 18.0 Å². The highest BCUT2D eigenvalue weighted by molar-refractivity contribution is 8.00. The Morgan fingerprint density at radius 2 is 2.00 bits per heavy atom. The number of benzene rings is 1. The van der Waals surface area contributed by atoms with Gasteiger partial charge in [0.15, 0.2) is 0 Å². The number of rotatable bonds is 6. The van der Waals surface area contributed by atoms with E-state index in [1.807, 2.05) is 30.3 Å². The van der Waals surface area contributed by atoms with E-state index in [2.05, 4.69) is 6.07 Å². The zero-order valence-corrected chi connectivity index (χ0v) is 11.3. The van der Waals surface area contributed by atoms with Gasteiger partial charge in [0.1, 0.15) is 9.84 Å². The summed E-state index contributed by atoms with van der Waals surface area (Å²) in [5.41, 5.74) is 1.08. The van der Waals surface area contributed by atoms with Gasteiger partial charge >= 0.3 is 0 Å². The molecule has 0 fully saturated rings. The van der Waals surface area contributed by atoms with E-state index in [0.717, 1.165) is 5.56 Å². The van der Waals surface area contributed by atoms with Crippen LogP contribution in [0, 0.1) is 11.3 Å². The van der Waals surface area contributed by atoms with Crippen molar-refractivity contribution >= 4 is 21.6 Å². The Morgan fingerprint density at radius 3 is 2.53 bits per heavy atom. The molecule has 1 atom stereocenters. The van der Waals surface area contributed by atoms with Crippen LogP contribution in [0.25, 0.3) is 0 Å². The van der Waals surface area contributed by atoms with Crippen LogP contribution in [0.3, 0.4) is 0 Å². The molecule has 0 saturated carbocycles. The van der Waals surface area contributed by atoms with Crippen molar-refractivity contribution in [2.24, 2.45) is 0 Å². The lowest BCUT2D eigenvalue weighted by molar-refractivity contribution is 0.603. The highest BCUT2D eigenvalue weighted by Crippen LogP contribution is 2.31. The molecule has 1 unspecified atom stereocenters. The zero-order valence-electron chi connectivity index (χ0n) is 9.67. The maximum Gasteiger partial charge on any atom is 0.148 e. The summed E-state index contributed by atoms with van der Waals surface area (Å²) < 4.78 is 22.1. The van der Waals surface area contributed by atoms with E-state index in [9.17, 15) is 8.42 Å². The van der Waals surface area contributed by atoms with Crippen molar-refractivity contribution in [1.29, 1.82) is 5.26 Å². The highest BCUT2D eigenvalue weighted by Gasteiger charge is 2.12. The van der Waals surface area contributed by atoms with Crippen molar-refractivity contribution in [3.05, 3.63) is 35.9 Å². The smallest absolute Gasteiger partial charge is 0.148 e. The van der Waals surface area contributed by atoms with E-state index < -0.39 is 9.84 Å². The van der Waals surface area contributed by atoms with Crippen LogP contribution in [0.15, 0.2) is 30.3 Å². The molecule has 0 radical (unpaired) electrons. The first-order valence-corrected chi connectivity index (χ1v) is 8.35. The molecule has 0 N–H and O–H groups in total. The third-order valence-electron chi connectivity index (χ3n) is 2.22. The van der Waals surface area contributed by atoms with Gasteiger partial charge in [-0.15, -0.1) is 0 Å². The molecule has 1 aromatic rings. The van der Waals surface area contributed by atoms with Gasteiger partial charge in [0.25, 0.3) is 0 Å². The first-order chi connectivity index (χ1) is 8.03. The van der Waals surface area contributed by atoms with Crippen LogP contribution in [-0.2, 0) is 9.84 Å². The normalized spacial score (nSPS) is 12.9. The van der Waals surface area contributed by atoms with Crippen LogP contribution >= 0.6 is 11.8 Å². The fourth-order valence-corrected chi connectivity index (χ4v) is 3.79. The average molecular weight is 269 g/mol. The number of thioether (sulfide) groups is 1. The number of nitriles is 1. The minimum absolute atomic E-state index is 0.0583. The Hall–Kier alpha value is -0.990. The Bertz CT molecular complexity index is 477. The minimum atomic E-state index is -2.92. The molecule has 0 aliphatic heterocycles. The molecule has 92 valence electrons. The Morgan fingerprint density at radius 1 is 1.35 bits per heavy atom. The molecule has 0 amide bonds. The fraction of sp³-hybridized carbons (Fsp3) is 0.417. The predicted molar refractivity (Wildman–Crippen MR) is 71.6 cm³/mol. The van der Waals surface area contributed by atoms with Crippen LogP contribution in [0.4, 0.5) is 0 Å². The molecule has 0 heterocycles. The van der Waals surface area contributed by atoms with Crippen molar-refractivity contribution in [1.82, 2.24) is 0 Å². The summed E-state index contributed by atoms with van der Waals surface area (Å²) in [4.78, 5) is 0. The van der Waals surface area contributed by atoms with Crippen molar-refractivity contribution in [3.8, 4) is 6.07 Å². The predicted octanol–water partition coefficient (Wildman–Crippen LogP) is 2.42. The molecule has 0 aliphatic rings. The van der Waals surface area contributed by atoms with Gasteiger partial charge in [0.2, 0.25) is 0 Å². The second-order valence-corrected chi connectivity index (χ2v) is 7.33. The van der Waals surface area contributed by atoms with Gasteiger partial charge < -0.3 is 0 Å². The van der Waals surface area contributed by atoms with Gasteiger partial charge in [0, 0.05) is 17.3 Å². The standard InChI is InChI=1S/C12H15NO2S2/c1-17(14,15)10-9-16-12(7-8-13)11-5-3-2-4-6-11/h2-6,12H,7,9-10H2,1H3. The van der Waals surface area contributed by atoms with Crippen molar-refractivity contribution in [2.45, 2.75) is 11.7 Å². The van der Waals surface area contributed by atoms with Crippen molar-refractivity contribution < 1.29 is 8.42 Å². The topological polar surface area (TPSA) is 57.9 Å². The number of sulfone groups is 1. The molecule has 0 saturated heterocycles. The molecule has 0 aliphatic carbocycles. The monoisotopic (exact) mass is 269 g/mol. The number of nitrogens with zero attached hydrogens (tertiary/aromatic N) is 1. The highest BCUT2D eigenvalue weighted by atomic mass is 32.2. The third kappa shape index (κ3) is 5.76. The van der Waals surface area contributed by atoms with Crippen LogP contribution in [-0.4, -0.2) is 26.2 Å². The van der Waals surface area contributed by atoms with Gasteiger partial charge in [-0.25, -0.2) is 8.42 Å². The molecule has 0 bridgehead atoms. The molecule has 1 rings (SSSR count). The Balaban J connectivity index is 2.59. The van der Waals surface area contributed by atoms with Crippen LogP contribution < -0.4 is 0 Å². The SMILES string of the molecule is CS(=O)(=O)CCSC(CC#N)c1ccccc1. The lowest BCUT2D eigenvalue weighted by Crippen LogP contribution is -2.06. The maximum absolute atomic E-state index is 11.0. The summed E-state index contributed by atoms with van der Waals surface area (Å²) in [5.74, 6) is 0.687. The van der Waals surface area contributed by atoms with Crippen molar-refractivity contribution in [3.63, 3.8) is 0 Å². The summed E-state index contributed by atoms with van der Waals surface area (Å²) in [6.45, 7) is 0. The van der Waals surface area contributed by atoms with E-state index in [0.29, 0.717) is 12.2 Å². The quantitative estimate of drug-likeness (QED) is 0.796. The largest absolute Gasteiger partial charge is 0.229 e. The molecule has 0 spiro atoms. The van der Waals surface area contributed by atoms with Gasteiger partial charge in [-0.1, -0.05) is 30.3 Å². The molecule has 3 nitrogen and oxygen atoms in total. The molecule has 0 aromatic heterocycles. The minimum Gasteiger partial charge on any atom is -0.229 e.